The first-order chi connectivity index (χ1) is 7.61. The smallest absolute Gasteiger partial charge is 0.236 e. The highest BCUT2D eigenvalue weighted by atomic mass is 32.2. The predicted octanol–water partition coefficient (Wildman–Crippen LogP) is 1.25. The van der Waals surface area contributed by atoms with Gasteiger partial charge in [0.25, 0.3) is 0 Å². The number of anilines is 1. The molecule has 0 spiro atoms. The van der Waals surface area contributed by atoms with Crippen molar-refractivity contribution in [2.45, 2.75) is 13.8 Å². The Labute approximate surface area is 99.1 Å². The van der Waals surface area contributed by atoms with Crippen LogP contribution in [0.3, 0.4) is 0 Å². The van der Waals surface area contributed by atoms with Gasteiger partial charge in [-0.2, -0.15) is 11.8 Å². The minimum atomic E-state index is -0.0784. The maximum Gasteiger partial charge on any atom is 0.236 e. The van der Waals surface area contributed by atoms with E-state index in [0.717, 1.165) is 11.4 Å². The van der Waals surface area contributed by atoms with Crippen molar-refractivity contribution in [1.82, 2.24) is 5.16 Å². The van der Waals surface area contributed by atoms with Crippen LogP contribution in [0.4, 0.5) is 5.88 Å². The van der Waals surface area contributed by atoms with Crippen LogP contribution in [0.15, 0.2) is 10.6 Å². The van der Waals surface area contributed by atoms with E-state index >= 15 is 0 Å². The molecule has 1 amide bonds. The first-order valence-electron chi connectivity index (χ1n) is 5.12. The topological polar surface area (TPSA) is 81.2 Å². The summed E-state index contributed by atoms with van der Waals surface area (Å²) in [5.41, 5.74) is 6.23. The van der Waals surface area contributed by atoms with Crippen LogP contribution in [-0.2, 0) is 4.79 Å². The van der Waals surface area contributed by atoms with Crippen LogP contribution in [0.5, 0.6) is 0 Å². The summed E-state index contributed by atoms with van der Waals surface area (Å²) in [6, 6.07) is 1.69. The number of aromatic nitrogens is 1. The SMILES string of the molecule is Cc1cc(NC(=O)CSCC(C)CN)on1. The second kappa shape index (κ2) is 6.55. The molecule has 16 heavy (non-hydrogen) atoms. The number of aryl methyl sites for hydroxylation is 1. The van der Waals surface area contributed by atoms with Gasteiger partial charge in [0.1, 0.15) is 0 Å². The minimum Gasteiger partial charge on any atom is -0.338 e. The number of rotatable bonds is 6. The summed E-state index contributed by atoms with van der Waals surface area (Å²) in [6.45, 7) is 4.51. The van der Waals surface area contributed by atoms with Gasteiger partial charge in [-0.3, -0.25) is 10.1 Å². The number of thioether (sulfide) groups is 1. The fraction of sp³-hybridized carbons (Fsp3) is 0.600. The molecule has 0 aliphatic rings. The van der Waals surface area contributed by atoms with Crippen molar-refractivity contribution in [3.8, 4) is 0 Å². The molecule has 6 heteroatoms. The van der Waals surface area contributed by atoms with E-state index in [2.05, 4.69) is 17.4 Å². The summed E-state index contributed by atoms with van der Waals surface area (Å²) in [4.78, 5) is 11.4. The summed E-state index contributed by atoms with van der Waals surface area (Å²) in [5.74, 6) is 2.05. The van der Waals surface area contributed by atoms with Crippen molar-refractivity contribution in [1.29, 1.82) is 0 Å². The first kappa shape index (κ1) is 13.1. The molecule has 1 aromatic heterocycles. The molecule has 3 N–H and O–H groups in total. The van der Waals surface area contributed by atoms with Gasteiger partial charge >= 0.3 is 0 Å². The van der Waals surface area contributed by atoms with Crippen molar-refractivity contribution in [2.24, 2.45) is 11.7 Å². The zero-order valence-electron chi connectivity index (χ0n) is 9.53. The molecule has 0 bridgehead atoms. The molecule has 1 heterocycles. The Morgan fingerprint density at radius 3 is 3.06 bits per heavy atom. The molecular formula is C10H17N3O2S. The van der Waals surface area contributed by atoms with E-state index in [4.69, 9.17) is 10.3 Å². The van der Waals surface area contributed by atoms with Crippen LogP contribution < -0.4 is 11.1 Å². The quantitative estimate of drug-likeness (QED) is 0.786. The fourth-order valence-corrected chi connectivity index (χ4v) is 1.93. The molecule has 90 valence electrons. The lowest BCUT2D eigenvalue weighted by Gasteiger charge is -2.06. The molecule has 0 aromatic carbocycles. The van der Waals surface area contributed by atoms with Crippen LogP contribution in [0.25, 0.3) is 0 Å². The molecule has 0 aliphatic carbocycles. The number of nitrogens with one attached hydrogen (secondary N) is 1. The van der Waals surface area contributed by atoms with Gasteiger partial charge in [0, 0.05) is 6.07 Å². The van der Waals surface area contributed by atoms with E-state index in [0.29, 0.717) is 24.1 Å². The van der Waals surface area contributed by atoms with E-state index in [1.165, 1.54) is 0 Å². The van der Waals surface area contributed by atoms with Gasteiger partial charge in [-0.25, -0.2) is 0 Å². The number of hydrogen-bond donors (Lipinski definition) is 2. The van der Waals surface area contributed by atoms with E-state index in [-0.39, 0.29) is 5.91 Å². The molecule has 0 saturated carbocycles. The number of hydrogen-bond acceptors (Lipinski definition) is 5. The first-order valence-corrected chi connectivity index (χ1v) is 6.28. The largest absolute Gasteiger partial charge is 0.338 e. The normalized spacial score (nSPS) is 12.4. The summed E-state index contributed by atoms with van der Waals surface area (Å²) >= 11 is 1.57. The van der Waals surface area contributed by atoms with Gasteiger partial charge in [0.15, 0.2) is 0 Å². The molecule has 5 nitrogen and oxygen atoms in total. The Morgan fingerprint density at radius 1 is 1.75 bits per heavy atom. The Balaban J connectivity index is 2.21. The minimum absolute atomic E-state index is 0.0784. The van der Waals surface area contributed by atoms with Gasteiger partial charge in [0.05, 0.1) is 11.4 Å². The number of nitrogens with zero attached hydrogens (tertiary/aromatic N) is 1. The molecular weight excluding hydrogens is 226 g/mol. The van der Waals surface area contributed by atoms with Crippen LogP contribution in [0.2, 0.25) is 0 Å². The summed E-state index contributed by atoms with van der Waals surface area (Å²) < 4.78 is 4.87. The molecule has 1 unspecified atom stereocenters. The van der Waals surface area contributed by atoms with Gasteiger partial charge < -0.3 is 10.3 Å². The van der Waals surface area contributed by atoms with Crippen molar-refractivity contribution >= 4 is 23.6 Å². The zero-order chi connectivity index (χ0) is 12.0. The Morgan fingerprint density at radius 2 is 2.50 bits per heavy atom. The maximum absolute atomic E-state index is 11.4. The summed E-state index contributed by atoms with van der Waals surface area (Å²) in [5, 5.41) is 6.31. The van der Waals surface area contributed by atoms with Crippen molar-refractivity contribution < 1.29 is 9.32 Å². The second-order valence-electron chi connectivity index (χ2n) is 3.74. The zero-order valence-corrected chi connectivity index (χ0v) is 10.3. The van der Waals surface area contributed by atoms with E-state index in [1.807, 2.05) is 0 Å². The van der Waals surface area contributed by atoms with Crippen molar-refractivity contribution in [3.63, 3.8) is 0 Å². The Bertz CT molecular complexity index is 341. The third-order valence-electron chi connectivity index (χ3n) is 1.93. The van der Waals surface area contributed by atoms with Crippen molar-refractivity contribution in [2.75, 3.05) is 23.4 Å². The van der Waals surface area contributed by atoms with E-state index < -0.39 is 0 Å². The predicted molar refractivity (Wildman–Crippen MR) is 65.4 cm³/mol. The fourth-order valence-electron chi connectivity index (χ4n) is 1.02. The molecule has 0 radical (unpaired) electrons. The highest BCUT2D eigenvalue weighted by molar-refractivity contribution is 7.99. The lowest BCUT2D eigenvalue weighted by molar-refractivity contribution is -0.113. The number of nitrogens with two attached hydrogens (primary N) is 1. The Hall–Kier alpha value is -1.01. The second-order valence-corrected chi connectivity index (χ2v) is 4.77. The highest BCUT2D eigenvalue weighted by Gasteiger charge is 2.07. The number of amides is 1. The molecule has 1 rings (SSSR count). The van der Waals surface area contributed by atoms with E-state index in [9.17, 15) is 4.79 Å². The number of carbonyl (C=O) groups excluding carboxylic acids is 1. The van der Waals surface area contributed by atoms with Crippen LogP contribution in [0, 0.1) is 12.8 Å². The molecule has 0 aliphatic heterocycles. The molecule has 0 saturated heterocycles. The monoisotopic (exact) mass is 243 g/mol. The lowest BCUT2D eigenvalue weighted by atomic mass is 10.2. The van der Waals surface area contributed by atoms with Gasteiger partial charge in [-0.15, -0.1) is 0 Å². The van der Waals surface area contributed by atoms with Gasteiger partial charge in [-0.05, 0) is 25.1 Å². The molecule has 1 aromatic rings. The lowest BCUT2D eigenvalue weighted by Crippen LogP contribution is -2.17. The average Bonchev–Trinajstić information content (AvgIpc) is 2.63. The van der Waals surface area contributed by atoms with E-state index in [1.54, 1.807) is 24.8 Å². The van der Waals surface area contributed by atoms with Crippen LogP contribution in [0.1, 0.15) is 12.6 Å². The molecule has 0 fully saturated rings. The van der Waals surface area contributed by atoms with Gasteiger partial charge in [-0.1, -0.05) is 12.1 Å². The summed E-state index contributed by atoms with van der Waals surface area (Å²) in [6.07, 6.45) is 0. The van der Waals surface area contributed by atoms with Crippen molar-refractivity contribution in [3.05, 3.63) is 11.8 Å². The summed E-state index contributed by atoms with van der Waals surface area (Å²) in [7, 11) is 0. The maximum atomic E-state index is 11.4. The Kier molecular flexibility index (Phi) is 5.34. The van der Waals surface area contributed by atoms with Crippen LogP contribution >= 0.6 is 11.8 Å². The third kappa shape index (κ3) is 4.67. The van der Waals surface area contributed by atoms with Gasteiger partial charge in [0.2, 0.25) is 11.8 Å². The highest BCUT2D eigenvalue weighted by Crippen LogP contribution is 2.11. The number of carbonyl (C=O) groups is 1. The average molecular weight is 243 g/mol. The molecule has 1 atom stereocenters. The standard InChI is InChI=1S/C10H17N3O2S/c1-7(4-11)5-16-6-9(14)12-10-3-8(2)13-15-10/h3,7H,4-6,11H2,1-2H3,(H,12,14). The van der Waals surface area contributed by atoms with Crippen LogP contribution in [-0.4, -0.2) is 29.1 Å². The third-order valence-corrected chi connectivity index (χ3v) is 3.20.